The molecule has 1 aliphatic rings. The molecule has 1 saturated heterocycles. The minimum absolute atomic E-state index is 0. The number of nitrogens with two attached hydrogens (primary N) is 1. The van der Waals surface area contributed by atoms with E-state index in [1.54, 1.807) is 11.3 Å². The monoisotopic (exact) mass is 338 g/mol. The Morgan fingerprint density at radius 3 is 2.82 bits per heavy atom. The first-order valence-electron chi connectivity index (χ1n) is 5.68. The maximum Gasteiger partial charge on any atom is 0.0701 e. The number of nitrogens with zero attached hydrogens (tertiary/aromatic N) is 1. The van der Waals surface area contributed by atoms with Gasteiger partial charge in [-0.05, 0) is 44.8 Å². The van der Waals surface area contributed by atoms with Crippen LogP contribution in [0, 0.1) is 5.41 Å². The summed E-state index contributed by atoms with van der Waals surface area (Å²) in [6.07, 6.45) is 1.11. The maximum absolute atomic E-state index is 6.14. The van der Waals surface area contributed by atoms with Crippen molar-refractivity contribution in [2.45, 2.75) is 32.9 Å². The van der Waals surface area contributed by atoms with Crippen LogP contribution in [0.1, 0.15) is 25.8 Å². The molecule has 1 aliphatic heterocycles. The highest BCUT2D eigenvalue weighted by Gasteiger charge is 2.33. The van der Waals surface area contributed by atoms with Crippen molar-refractivity contribution in [1.82, 2.24) is 4.90 Å². The molecular weight excluding hydrogens is 320 g/mol. The normalized spacial score (nSPS) is 24.4. The summed E-state index contributed by atoms with van der Waals surface area (Å²) < 4.78 is 1.22. The van der Waals surface area contributed by atoms with E-state index in [-0.39, 0.29) is 17.8 Å². The van der Waals surface area contributed by atoms with Crippen molar-refractivity contribution in [1.29, 1.82) is 0 Å². The SMILES string of the molecule is CC1(C)CN(Cc2csc(Br)c2)CCC1N.Cl. The number of halogens is 2. The minimum atomic E-state index is 0. The van der Waals surface area contributed by atoms with E-state index >= 15 is 0 Å². The molecule has 2 rings (SSSR count). The first kappa shape index (κ1) is 15.4. The zero-order valence-electron chi connectivity index (χ0n) is 10.3. The van der Waals surface area contributed by atoms with Crippen molar-refractivity contribution < 1.29 is 0 Å². The number of rotatable bonds is 2. The lowest BCUT2D eigenvalue weighted by Gasteiger charge is -2.42. The molecule has 0 saturated carbocycles. The van der Waals surface area contributed by atoms with Crippen LogP contribution in [0.2, 0.25) is 0 Å². The first-order valence-corrected chi connectivity index (χ1v) is 7.35. The summed E-state index contributed by atoms with van der Waals surface area (Å²) in [5.41, 5.74) is 7.79. The van der Waals surface area contributed by atoms with Gasteiger partial charge in [0.15, 0.2) is 0 Å². The lowest BCUT2D eigenvalue weighted by Crippen LogP contribution is -2.51. The van der Waals surface area contributed by atoms with Crippen LogP contribution in [0.5, 0.6) is 0 Å². The molecule has 1 unspecified atom stereocenters. The molecule has 2 nitrogen and oxygen atoms in total. The lowest BCUT2D eigenvalue weighted by atomic mass is 9.79. The molecule has 1 aromatic heterocycles. The summed E-state index contributed by atoms with van der Waals surface area (Å²) in [5, 5.41) is 2.23. The van der Waals surface area contributed by atoms with Gasteiger partial charge < -0.3 is 5.73 Å². The molecule has 0 radical (unpaired) electrons. The van der Waals surface area contributed by atoms with Crippen molar-refractivity contribution in [2.75, 3.05) is 13.1 Å². The van der Waals surface area contributed by atoms with Crippen LogP contribution in [0.25, 0.3) is 0 Å². The van der Waals surface area contributed by atoms with E-state index < -0.39 is 0 Å². The van der Waals surface area contributed by atoms with Gasteiger partial charge in [0.2, 0.25) is 0 Å². The average Bonchev–Trinajstić information content (AvgIpc) is 2.57. The zero-order chi connectivity index (χ0) is 11.8. The largest absolute Gasteiger partial charge is 0.327 e. The lowest BCUT2D eigenvalue weighted by molar-refractivity contribution is 0.0900. The van der Waals surface area contributed by atoms with Crippen molar-refractivity contribution in [2.24, 2.45) is 11.1 Å². The van der Waals surface area contributed by atoms with Gasteiger partial charge in [0, 0.05) is 25.7 Å². The molecule has 0 amide bonds. The van der Waals surface area contributed by atoms with Gasteiger partial charge in [-0.3, -0.25) is 4.90 Å². The predicted octanol–water partition coefficient (Wildman–Crippen LogP) is 3.49. The summed E-state index contributed by atoms with van der Waals surface area (Å²) in [4.78, 5) is 2.51. The molecule has 0 spiro atoms. The Balaban J connectivity index is 0.00000144. The van der Waals surface area contributed by atoms with Gasteiger partial charge in [-0.25, -0.2) is 0 Å². The highest BCUT2D eigenvalue weighted by molar-refractivity contribution is 9.11. The van der Waals surface area contributed by atoms with Crippen LogP contribution in [-0.4, -0.2) is 24.0 Å². The van der Waals surface area contributed by atoms with E-state index in [0.29, 0.717) is 6.04 Å². The number of hydrogen-bond donors (Lipinski definition) is 1. The van der Waals surface area contributed by atoms with Gasteiger partial charge in [0.1, 0.15) is 0 Å². The van der Waals surface area contributed by atoms with Gasteiger partial charge in [0.05, 0.1) is 3.79 Å². The fourth-order valence-corrected chi connectivity index (χ4v) is 3.51. The summed E-state index contributed by atoms with van der Waals surface area (Å²) >= 11 is 5.27. The van der Waals surface area contributed by atoms with Gasteiger partial charge in [-0.1, -0.05) is 13.8 Å². The molecule has 2 N–H and O–H groups in total. The third kappa shape index (κ3) is 3.93. The topological polar surface area (TPSA) is 29.3 Å². The van der Waals surface area contributed by atoms with Crippen molar-refractivity contribution in [3.8, 4) is 0 Å². The fourth-order valence-electron chi connectivity index (χ4n) is 2.31. The fraction of sp³-hybridized carbons (Fsp3) is 0.667. The molecule has 2 heterocycles. The van der Waals surface area contributed by atoms with E-state index in [0.717, 1.165) is 26.1 Å². The van der Waals surface area contributed by atoms with Crippen LogP contribution in [-0.2, 0) is 6.54 Å². The van der Waals surface area contributed by atoms with E-state index in [1.807, 2.05) is 0 Å². The number of hydrogen-bond acceptors (Lipinski definition) is 3. The second-order valence-corrected chi connectivity index (χ2v) is 7.64. The third-order valence-electron chi connectivity index (χ3n) is 3.42. The van der Waals surface area contributed by atoms with Crippen molar-refractivity contribution in [3.63, 3.8) is 0 Å². The first-order chi connectivity index (χ1) is 7.47. The Bertz CT molecular complexity index is 367. The summed E-state index contributed by atoms with van der Waals surface area (Å²) in [6, 6.07) is 2.56. The summed E-state index contributed by atoms with van der Waals surface area (Å²) in [5.74, 6) is 0. The summed E-state index contributed by atoms with van der Waals surface area (Å²) in [7, 11) is 0. The van der Waals surface area contributed by atoms with Gasteiger partial charge in [0.25, 0.3) is 0 Å². The Morgan fingerprint density at radius 2 is 2.29 bits per heavy atom. The molecule has 5 heteroatoms. The molecule has 1 atom stereocenters. The van der Waals surface area contributed by atoms with E-state index in [2.05, 4.69) is 46.1 Å². The van der Waals surface area contributed by atoms with Gasteiger partial charge >= 0.3 is 0 Å². The van der Waals surface area contributed by atoms with Crippen LogP contribution < -0.4 is 5.73 Å². The van der Waals surface area contributed by atoms with Crippen LogP contribution in [0.15, 0.2) is 15.2 Å². The van der Waals surface area contributed by atoms with Crippen LogP contribution in [0.4, 0.5) is 0 Å². The van der Waals surface area contributed by atoms with Crippen molar-refractivity contribution >= 4 is 39.7 Å². The van der Waals surface area contributed by atoms with E-state index in [9.17, 15) is 0 Å². The molecule has 1 fully saturated rings. The molecule has 1 aromatic rings. The maximum atomic E-state index is 6.14. The molecule has 0 bridgehead atoms. The highest BCUT2D eigenvalue weighted by atomic mass is 79.9. The highest BCUT2D eigenvalue weighted by Crippen LogP contribution is 2.29. The minimum Gasteiger partial charge on any atom is -0.327 e. The summed E-state index contributed by atoms with van der Waals surface area (Å²) in [6.45, 7) is 7.82. The molecule has 0 aromatic carbocycles. The molecule has 17 heavy (non-hydrogen) atoms. The Morgan fingerprint density at radius 1 is 1.59 bits per heavy atom. The van der Waals surface area contributed by atoms with E-state index in [4.69, 9.17) is 5.73 Å². The third-order valence-corrected chi connectivity index (χ3v) is 4.97. The second kappa shape index (κ2) is 6.02. The van der Waals surface area contributed by atoms with Gasteiger partial charge in [-0.15, -0.1) is 23.7 Å². The number of piperidine rings is 1. The molecular formula is C12H20BrClN2S. The Kier molecular flexibility index (Phi) is 5.47. The second-order valence-electron chi connectivity index (χ2n) is 5.35. The standard InChI is InChI=1S/C12H19BrN2S.ClH/c1-12(2)8-15(4-3-10(12)14)6-9-5-11(13)16-7-9;/h5,7,10H,3-4,6,8,14H2,1-2H3;1H. The van der Waals surface area contributed by atoms with Crippen LogP contribution >= 0.6 is 39.7 Å². The Hall–Kier alpha value is 0.390. The zero-order valence-corrected chi connectivity index (χ0v) is 13.5. The molecule has 0 aliphatic carbocycles. The number of likely N-dealkylation sites (tertiary alicyclic amines) is 1. The average molecular weight is 340 g/mol. The van der Waals surface area contributed by atoms with Gasteiger partial charge in [-0.2, -0.15) is 0 Å². The van der Waals surface area contributed by atoms with Crippen molar-refractivity contribution in [3.05, 3.63) is 20.8 Å². The van der Waals surface area contributed by atoms with Crippen LogP contribution in [0.3, 0.4) is 0 Å². The van der Waals surface area contributed by atoms with E-state index in [1.165, 1.54) is 9.35 Å². The predicted molar refractivity (Wildman–Crippen MR) is 80.9 cm³/mol. The quantitative estimate of drug-likeness (QED) is 0.893. The Labute approximate surface area is 122 Å². The smallest absolute Gasteiger partial charge is 0.0701 e. The number of thiophene rings is 1. The molecule has 98 valence electrons.